The maximum Gasteiger partial charge on any atom is 0.416 e. The molecule has 2 aromatic heterocycles. The van der Waals surface area contributed by atoms with Crippen molar-refractivity contribution in [3.63, 3.8) is 0 Å². The second kappa shape index (κ2) is 9.21. The van der Waals surface area contributed by atoms with Gasteiger partial charge in [0.15, 0.2) is 0 Å². The van der Waals surface area contributed by atoms with E-state index < -0.39 is 23.4 Å². The van der Waals surface area contributed by atoms with E-state index in [1.807, 2.05) is 30.3 Å². The quantitative estimate of drug-likeness (QED) is 0.300. The number of aryl methyl sites for hydroxylation is 1. The van der Waals surface area contributed by atoms with Crippen LogP contribution in [0.1, 0.15) is 32.9 Å². The summed E-state index contributed by atoms with van der Waals surface area (Å²) in [5.41, 5.74) is 1.51. The first-order valence-electron chi connectivity index (χ1n) is 10.7. The summed E-state index contributed by atoms with van der Waals surface area (Å²) in [6.45, 7) is 3.24. The van der Waals surface area contributed by atoms with E-state index in [4.69, 9.17) is 0 Å². The van der Waals surface area contributed by atoms with Crippen LogP contribution in [0.4, 0.5) is 13.2 Å². The molecule has 180 valence electrons. The van der Waals surface area contributed by atoms with Gasteiger partial charge in [-0.15, -0.1) is 0 Å². The second-order valence-electron chi connectivity index (χ2n) is 8.12. The molecule has 0 atom stereocenters. The highest BCUT2D eigenvalue weighted by Crippen LogP contribution is 2.31. The van der Waals surface area contributed by atoms with Crippen molar-refractivity contribution in [1.82, 2.24) is 24.5 Å². The van der Waals surface area contributed by atoms with Gasteiger partial charge in [0.25, 0.3) is 11.7 Å². The van der Waals surface area contributed by atoms with Gasteiger partial charge in [0, 0.05) is 25.4 Å². The molecule has 0 saturated carbocycles. The summed E-state index contributed by atoms with van der Waals surface area (Å²) in [7, 11) is 1.50. The average molecular weight is 481 g/mol. The zero-order chi connectivity index (χ0) is 25.3. The highest BCUT2D eigenvalue weighted by atomic mass is 19.4. The molecule has 0 radical (unpaired) electrons. The molecule has 4 rings (SSSR count). The summed E-state index contributed by atoms with van der Waals surface area (Å²) >= 11 is 0. The van der Waals surface area contributed by atoms with Crippen LogP contribution in [0.2, 0.25) is 0 Å². The van der Waals surface area contributed by atoms with Crippen LogP contribution in [-0.2, 0) is 17.5 Å². The van der Waals surface area contributed by atoms with Gasteiger partial charge in [-0.3, -0.25) is 9.59 Å². The fourth-order valence-electron chi connectivity index (χ4n) is 3.83. The fraction of sp³-hybridized carbons (Fsp3) is 0.200. The van der Waals surface area contributed by atoms with E-state index in [1.54, 1.807) is 30.9 Å². The summed E-state index contributed by atoms with van der Waals surface area (Å²) in [5, 5.41) is 8.52. The molecule has 0 unspecified atom stereocenters. The Kier molecular flexibility index (Phi) is 6.29. The summed E-state index contributed by atoms with van der Waals surface area (Å²) in [5.74, 6) is -1.54. The molecule has 0 spiro atoms. The molecule has 0 fully saturated rings. The third-order valence-electron chi connectivity index (χ3n) is 5.55. The van der Waals surface area contributed by atoms with Crippen molar-refractivity contribution in [2.75, 3.05) is 7.05 Å². The number of amides is 1. The first kappa shape index (κ1) is 23.9. The number of likely N-dealkylation sites (N-methyl/N-ethyl adjacent to an activating group) is 1. The molecule has 0 saturated heterocycles. The number of benzene rings is 2. The molecule has 0 bridgehead atoms. The van der Waals surface area contributed by atoms with Crippen molar-refractivity contribution in [2.45, 2.75) is 26.6 Å². The molecule has 2 heterocycles. The van der Waals surface area contributed by atoms with Gasteiger partial charge >= 0.3 is 6.18 Å². The van der Waals surface area contributed by atoms with Crippen LogP contribution < -0.4 is 0 Å². The van der Waals surface area contributed by atoms with Crippen molar-refractivity contribution in [3.05, 3.63) is 95.1 Å². The fourth-order valence-corrected chi connectivity index (χ4v) is 3.83. The Morgan fingerprint density at radius 2 is 1.69 bits per heavy atom. The lowest BCUT2D eigenvalue weighted by Gasteiger charge is -2.15. The van der Waals surface area contributed by atoms with Gasteiger partial charge in [0.1, 0.15) is 0 Å². The van der Waals surface area contributed by atoms with E-state index in [2.05, 4.69) is 10.2 Å². The topological polar surface area (TPSA) is 73.0 Å². The molecule has 0 aliphatic heterocycles. The number of Topliss-reactive ketones (excluding diaryl/α,β-unsaturated/α-hetero) is 1. The summed E-state index contributed by atoms with van der Waals surface area (Å²) in [4.78, 5) is 27.3. The van der Waals surface area contributed by atoms with Crippen molar-refractivity contribution < 1.29 is 22.8 Å². The van der Waals surface area contributed by atoms with E-state index in [9.17, 15) is 22.8 Å². The first-order chi connectivity index (χ1) is 16.6. The lowest BCUT2D eigenvalue weighted by molar-refractivity contribution is -0.137. The van der Waals surface area contributed by atoms with Crippen molar-refractivity contribution >= 4 is 11.7 Å². The largest absolute Gasteiger partial charge is 0.416 e. The van der Waals surface area contributed by atoms with E-state index >= 15 is 0 Å². The number of carbonyl (C=O) groups is 2. The van der Waals surface area contributed by atoms with Crippen LogP contribution in [0.25, 0.3) is 11.4 Å². The van der Waals surface area contributed by atoms with E-state index in [1.165, 1.54) is 28.8 Å². The Labute approximate surface area is 199 Å². The number of alkyl halides is 3. The van der Waals surface area contributed by atoms with Crippen LogP contribution in [0, 0.1) is 13.8 Å². The number of aromatic nitrogens is 4. The number of para-hydroxylation sites is 1. The monoisotopic (exact) mass is 481 g/mol. The molecule has 1 amide bonds. The molecule has 35 heavy (non-hydrogen) atoms. The summed E-state index contributed by atoms with van der Waals surface area (Å²) in [6.07, 6.45) is -1.13. The SMILES string of the molecule is Cc1nn(-c2cccc(C(F)(F)F)c2)c(C)c1C(=O)C(=O)N(C)Cc1cnn(-c2ccccc2)c1. The molecule has 10 heteroatoms. The minimum atomic E-state index is -4.52. The zero-order valence-corrected chi connectivity index (χ0v) is 19.2. The zero-order valence-electron chi connectivity index (χ0n) is 19.2. The molecule has 0 N–H and O–H groups in total. The molecule has 4 aromatic rings. The Hall–Kier alpha value is -4.21. The van der Waals surface area contributed by atoms with Gasteiger partial charge in [-0.1, -0.05) is 24.3 Å². The highest BCUT2D eigenvalue weighted by molar-refractivity contribution is 6.43. The van der Waals surface area contributed by atoms with Crippen LogP contribution in [-0.4, -0.2) is 43.2 Å². The van der Waals surface area contributed by atoms with Gasteiger partial charge in [-0.05, 0) is 44.2 Å². The Morgan fingerprint density at radius 1 is 1.00 bits per heavy atom. The predicted octanol–water partition coefficient (Wildman–Crippen LogP) is 4.53. The average Bonchev–Trinajstić information content (AvgIpc) is 3.42. The van der Waals surface area contributed by atoms with Crippen LogP contribution in [0.15, 0.2) is 67.0 Å². The third-order valence-corrected chi connectivity index (χ3v) is 5.55. The maximum absolute atomic E-state index is 13.1. The minimum Gasteiger partial charge on any atom is -0.334 e. The molecular formula is C25H22F3N5O2. The van der Waals surface area contributed by atoms with Gasteiger partial charge in [-0.25, -0.2) is 9.36 Å². The Bertz CT molecular complexity index is 1390. The van der Waals surface area contributed by atoms with Crippen LogP contribution in [0.3, 0.4) is 0 Å². The van der Waals surface area contributed by atoms with Gasteiger partial charge < -0.3 is 4.90 Å². The third kappa shape index (κ3) is 4.86. The lowest BCUT2D eigenvalue weighted by atomic mass is 10.1. The van der Waals surface area contributed by atoms with E-state index in [0.717, 1.165) is 23.4 Å². The van der Waals surface area contributed by atoms with Crippen LogP contribution >= 0.6 is 0 Å². The standard InChI is InChI=1S/C25H22F3N5O2/c1-16-22(17(2)33(30-16)21-11-7-8-19(12-21)25(26,27)28)23(34)24(35)31(3)14-18-13-29-32(15-18)20-9-5-4-6-10-20/h4-13,15H,14H2,1-3H3. The summed E-state index contributed by atoms with van der Waals surface area (Å²) in [6, 6.07) is 14.1. The first-order valence-corrected chi connectivity index (χ1v) is 10.7. The van der Waals surface area contributed by atoms with Crippen molar-refractivity contribution in [1.29, 1.82) is 0 Å². The highest BCUT2D eigenvalue weighted by Gasteiger charge is 2.32. The van der Waals surface area contributed by atoms with E-state index in [-0.39, 0.29) is 29.2 Å². The number of halogens is 3. The van der Waals surface area contributed by atoms with Gasteiger partial charge in [-0.2, -0.15) is 23.4 Å². The Morgan fingerprint density at radius 3 is 2.37 bits per heavy atom. The normalized spacial score (nSPS) is 11.5. The maximum atomic E-state index is 13.1. The van der Waals surface area contributed by atoms with Crippen molar-refractivity contribution in [2.24, 2.45) is 0 Å². The second-order valence-corrected chi connectivity index (χ2v) is 8.12. The minimum absolute atomic E-state index is 0.0687. The summed E-state index contributed by atoms with van der Waals surface area (Å²) < 4.78 is 42.3. The smallest absolute Gasteiger partial charge is 0.334 e. The van der Waals surface area contributed by atoms with Crippen LogP contribution in [0.5, 0.6) is 0 Å². The number of nitrogens with zero attached hydrogens (tertiary/aromatic N) is 5. The van der Waals surface area contributed by atoms with E-state index in [0.29, 0.717) is 0 Å². The lowest BCUT2D eigenvalue weighted by Crippen LogP contribution is -2.33. The Balaban J connectivity index is 1.54. The predicted molar refractivity (Wildman–Crippen MR) is 122 cm³/mol. The molecule has 0 aliphatic carbocycles. The number of carbonyl (C=O) groups excluding carboxylic acids is 2. The number of hydrogen-bond acceptors (Lipinski definition) is 4. The molecule has 0 aliphatic rings. The van der Waals surface area contributed by atoms with Gasteiger partial charge in [0.05, 0.1) is 40.1 Å². The van der Waals surface area contributed by atoms with Crippen molar-refractivity contribution in [3.8, 4) is 11.4 Å². The number of ketones is 1. The van der Waals surface area contributed by atoms with Gasteiger partial charge in [0.2, 0.25) is 0 Å². The molecule has 7 nitrogen and oxygen atoms in total. The number of rotatable bonds is 6. The number of hydrogen-bond donors (Lipinski definition) is 0. The molecular weight excluding hydrogens is 459 g/mol. The molecule has 2 aromatic carbocycles.